The van der Waals surface area contributed by atoms with Crippen LogP contribution in [0.25, 0.3) is 0 Å². The Kier molecular flexibility index (Phi) is 5.38. The summed E-state index contributed by atoms with van der Waals surface area (Å²) in [6.45, 7) is 2.11. The van der Waals surface area contributed by atoms with Crippen molar-refractivity contribution in [3.05, 3.63) is 28.8 Å². The highest BCUT2D eigenvalue weighted by atomic mass is 35.5. The summed E-state index contributed by atoms with van der Waals surface area (Å²) in [4.78, 5) is 0.324. The van der Waals surface area contributed by atoms with Crippen LogP contribution in [0.4, 0.5) is 5.69 Å². The summed E-state index contributed by atoms with van der Waals surface area (Å²) in [5, 5.41) is 3.95. The molecule has 2 nitrogen and oxygen atoms in total. The van der Waals surface area contributed by atoms with Crippen LogP contribution in [0.2, 0.25) is 5.02 Å². The van der Waals surface area contributed by atoms with Crippen molar-refractivity contribution in [3.63, 3.8) is 0 Å². The van der Waals surface area contributed by atoms with E-state index < -0.39 is 0 Å². The molecule has 0 saturated heterocycles. The van der Waals surface area contributed by atoms with Crippen molar-refractivity contribution < 1.29 is 0 Å². The quantitative estimate of drug-likeness (QED) is 0.809. The summed E-state index contributed by atoms with van der Waals surface area (Å²) in [6.07, 6.45) is 2.07. The van der Waals surface area contributed by atoms with Crippen molar-refractivity contribution in [2.45, 2.75) is 13.0 Å². The second-order valence-electron chi connectivity index (χ2n) is 3.53. The number of benzene rings is 1. The summed E-state index contributed by atoms with van der Waals surface area (Å²) in [6, 6.07) is 5.97. The summed E-state index contributed by atoms with van der Waals surface area (Å²) in [5.41, 5.74) is 7.30. The first-order valence-electron chi connectivity index (χ1n) is 4.90. The van der Waals surface area contributed by atoms with Crippen LogP contribution in [0, 0.1) is 0 Å². The van der Waals surface area contributed by atoms with E-state index in [1.165, 1.54) is 0 Å². The molecule has 0 aliphatic heterocycles. The molecule has 1 atom stereocenters. The summed E-state index contributed by atoms with van der Waals surface area (Å²) < 4.78 is 0. The van der Waals surface area contributed by atoms with E-state index in [-0.39, 0.29) is 0 Å². The molecular formula is C11H15ClN2S2. The van der Waals surface area contributed by atoms with Crippen LogP contribution in [0.1, 0.15) is 12.5 Å². The van der Waals surface area contributed by atoms with Crippen LogP contribution < -0.4 is 11.1 Å². The molecule has 88 valence electrons. The van der Waals surface area contributed by atoms with Gasteiger partial charge >= 0.3 is 0 Å². The molecule has 0 bridgehead atoms. The fraction of sp³-hybridized carbons (Fsp3) is 0.364. The molecule has 0 aromatic heterocycles. The molecule has 16 heavy (non-hydrogen) atoms. The highest BCUT2D eigenvalue weighted by Crippen LogP contribution is 2.25. The van der Waals surface area contributed by atoms with Gasteiger partial charge in [0.2, 0.25) is 0 Å². The van der Waals surface area contributed by atoms with Crippen molar-refractivity contribution in [1.82, 2.24) is 0 Å². The average Bonchev–Trinajstić information content (AvgIpc) is 2.17. The number of rotatable bonds is 5. The Balaban J connectivity index is 2.95. The van der Waals surface area contributed by atoms with Gasteiger partial charge in [0, 0.05) is 17.5 Å². The Morgan fingerprint density at radius 2 is 2.31 bits per heavy atom. The van der Waals surface area contributed by atoms with Crippen LogP contribution in [0.3, 0.4) is 0 Å². The Bertz CT molecular complexity index is 382. The van der Waals surface area contributed by atoms with Gasteiger partial charge in [0.1, 0.15) is 4.99 Å². The fourth-order valence-electron chi connectivity index (χ4n) is 1.45. The van der Waals surface area contributed by atoms with Gasteiger partial charge in [0.25, 0.3) is 0 Å². The number of thioether (sulfide) groups is 1. The van der Waals surface area contributed by atoms with E-state index >= 15 is 0 Å². The molecule has 0 amide bonds. The smallest absolute Gasteiger partial charge is 0.107 e. The van der Waals surface area contributed by atoms with Gasteiger partial charge in [-0.25, -0.2) is 0 Å². The second kappa shape index (κ2) is 6.33. The minimum absolute atomic E-state index is 0.324. The lowest BCUT2D eigenvalue weighted by Crippen LogP contribution is -2.21. The maximum absolute atomic E-state index is 6.07. The molecular weight excluding hydrogens is 260 g/mol. The highest BCUT2D eigenvalue weighted by molar-refractivity contribution is 7.98. The maximum Gasteiger partial charge on any atom is 0.107 e. The predicted molar refractivity (Wildman–Crippen MR) is 78.8 cm³/mol. The van der Waals surface area contributed by atoms with Crippen LogP contribution in [0.5, 0.6) is 0 Å². The zero-order valence-corrected chi connectivity index (χ0v) is 11.7. The third-order valence-electron chi connectivity index (χ3n) is 2.08. The first-order valence-corrected chi connectivity index (χ1v) is 7.08. The van der Waals surface area contributed by atoms with Gasteiger partial charge in [-0.15, -0.1) is 0 Å². The summed E-state index contributed by atoms with van der Waals surface area (Å²) in [5.74, 6) is 1.02. The molecule has 1 aromatic carbocycles. The lowest BCUT2D eigenvalue weighted by molar-refractivity contribution is 0.914. The Morgan fingerprint density at radius 1 is 1.62 bits per heavy atom. The number of hydrogen-bond acceptors (Lipinski definition) is 3. The number of anilines is 1. The summed E-state index contributed by atoms with van der Waals surface area (Å²) in [7, 11) is 0. The van der Waals surface area contributed by atoms with Gasteiger partial charge in [-0.2, -0.15) is 11.8 Å². The van der Waals surface area contributed by atoms with Crippen molar-refractivity contribution in [1.29, 1.82) is 0 Å². The van der Waals surface area contributed by atoms with Gasteiger partial charge in [-0.1, -0.05) is 29.9 Å². The molecule has 5 heteroatoms. The lowest BCUT2D eigenvalue weighted by Gasteiger charge is -2.17. The topological polar surface area (TPSA) is 38.0 Å². The average molecular weight is 275 g/mol. The van der Waals surface area contributed by atoms with Crippen molar-refractivity contribution >= 4 is 46.3 Å². The zero-order chi connectivity index (χ0) is 12.1. The molecule has 0 spiro atoms. The van der Waals surface area contributed by atoms with Crippen LogP contribution in [-0.2, 0) is 0 Å². The Morgan fingerprint density at radius 3 is 2.88 bits per heavy atom. The molecule has 3 N–H and O–H groups in total. The molecule has 0 saturated carbocycles. The van der Waals surface area contributed by atoms with E-state index in [0.29, 0.717) is 16.1 Å². The minimum Gasteiger partial charge on any atom is -0.389 e. The molecule has 0 aliphatic rings. The first-order chi connectivity index (χ1) is 7.56. The van der Waals surface area contributed by atoms with Gasteiger partial charge in [0.15, 0.2) is 0 Å². The monoisotopic (exact) mass is 274 g/mol. The number of thiocarbonyl (C=S) groups is 1. The number of nitrogens with one attached hydrogen (secondary N) is 1. The first kappa shape index (κ1) is 13.6. The van der Waals surface area contributed by atoms with Crippen molar-refractivity contribution in [2.75, 3.05) is 17.3 Å². The fourth-order valence-corrected chi connectivity index (χ4v) is 2.59. The molecule has 0 aliphatic carbocycles. The van der Waals surface area contributed by atoms with E-state index in [2.05, 4.69) is 18.5 Å². The molecule has 0 fully saturated rings. The zero-order valence-electron chi connectivity index (χ0n) is 9.29. The van der Waals surface area contributed by atoms with E-state index in [0.717, 1.165) is 17.0 Å². The van der Waals surface area contributed by atoms with Gasteiger partial charge < -0.3 is 11.1 Å². The van der Waals surface area contributed by atoms with E-state index in [4.69, 9.17) is 29.6 Å². The minimum atomic E-state index is 0.324. The van der Waals surface area contributed by atoms with E-state index in [9.17, 15) is 0 Å². The largest absolute Gasteiger partial charge is 0.389 e. The van der Waals surface area contributed by atoms with Crippen LogP contribution in [0.15, 0.2) is 18.2 Å². The predicted octanol–water partition coefficient (Wildman–Crippen LogP) is 3.14. The van der Waals surface area contributed by atoms with Crippen LogP contribution in [-0.4, -0.2) is 23.0 Å². The number of nitrogens with two attached hydrogens (primary N) is 1. The number of hydrogen-bond donors (Lipinski definition) is 2. The van der Waals surface area contributed by atoms with Crippen LogP contribution >= 0.6 is 35.6 Å². The third-order valence-corrected chi connectivity index (χ3v) is 3.43. The lowest BCUT2D eigenvalue weighted by atomic mass is 10.1. The molecule has 1 aromatic rings. The van der Waals surface area contributed by atoms with E-state index in [1.807, 2.05) is 12.1 Å². The van der Waals surface area contributed by atoms with Crippen molar-refractivity contribution in [2.24, 2.45) is 5.73 Å². The molecule has 0 heterocycles. The second-order valence-corrected chi connectivity index (χ2v) is 5.29. The highest BCUT2D eigenvalue weighted by Gasteiger charge is 2.11. The standard InChI is InChI=1S/C11H15ClN2S2/c1-7(6-16-2)14-9-5-3-4-8(12)10(9)11(13)15/h3-5,7,14H,6H2,1-2H3,(H2,13,15). The SMILES string of the molecule is CSCC(C)Nc1cccc(Cl)c1C(N)=S. The Labute approximate surface area is 111 Å². The normalized spacial score (nSPS) is 12.2. The van der Waals surface area contributed by atoms with Gasteiger partial charge in [-0.05, 0) is 25.3 Å². The van der Waals surface area contributed by atoms with Crippen molar-refractivity contribution in [3.8, 4) is 0 Å². The summed E-state index contributed by atoms with van der Waals surface area (Å²) >= 11 is 12.9. The Hall–Kier alpha value is -0.450. The maximum atomic E-state index is 6.07. The van der Waals surface area contributed by atoms with Gasteiger partial charge in [0.05, 0.1) is 10.6 Å². The molecule has 1 unspecified atom stereocenters. The van der Waals surface area contributed by atoms with E-state index in [1.54, 1.807) is 17.8 Å². The molecule has 0 radical (unpaired) electrons. The third kappa shape index (κ3) is 3.54. The van der Waals surface area contributed by atoms with Gasteiger partial charge in [-0.3, -0.25) is 0 Å². The number of halogens is 1. The molecule has 1 rings (SSSR count).